The van der Waals surface area contributed by atoms with Crippen molar-refractivity contribution in [3.8, 4) is 5.75 Å². The lowest BCUT2D eigenvalue weighted by Gasteiger charge is -2.59. The van der Waals surface area contributed by atoms with Crippen LogP contribution in [0.25, 0.3) is 6.08 Å². The molecule has 4 rings (SSSR count). The van der Waals surface area contributed by atoms with Gasteiger partial charge in [-0.3, -0.25) is 14.5 Å². The number of rotatable bonds is 8. The van der Waals surface area contributed by atoms with Crippen LogP contribution in [0.15, 0.2) is 58.9 Å². The summed E-state index contributed by atoms with van der Waals surface area (Å²) in [4.78, 5) is 28.6. The fraction of sp³-hybridized carbons (Fsp3) is 0.429. The van der Waals surface area contributed by atoms with Gasteiger partial charge in [-0.15, -0.1) is 17.9 Å². The number of amides is 1. The number of ether oxygens (including phenoxy) is 2. The molecule has 1 N–H and O–H groups in total. The Morgan fingerprint density at radius 1 is 1.33 bits per heavy atom. The van der Waals surface area contributed by atoms with Gasteiger partial charge in [0, 0.05) is 52.3 Å². The van der Waals surface area contributed by atoms with Gasteiger partial charge in [0.05, 0.1) is 7.11 Å². The first-order chi connectivity index (χ1) is 17.3. The van der Waals surface area contributed by atoms with Gasteiger partial charge in [0.15, 0.2) is 0 Å². The zero-order valence-electron chi connectivity index (χ0n) is 20.8. The maximum Gasteiger partial charge on any atom is 0.303 e. The minimum absolute atomic E-state index is 0.0435. The van der Waals surface area contributed by atoms with Crippen LogP contribution in [0.2, 0.25) is 0 Å². The van der Waals surface area contributed by atoms with Crippen LogP contribution in [-0.2, 0) is 19.7 Å². The summed E-state index contributed by atoms with van der Waals surface area (Å²) in [5.41, 5.74) is -0.0739. The van der Waals surface area contributed by atoms with Gasteiger partial charge < -0.3 is 14.8 Å². The minimum atomic E-state index is -0.702. The van der Waals surface area contributed by atoms with Crippen molar-refractivity contribution in [3.05, 3.63) is 69.4 Å². The SMILES string of the molecule is C=CCN1CC[C@@]2(c3cccc(OC)c3)C[C@@H](NC(=O)C=Cc3cc(Br)cs3)CC[C@]2(OC(C)=O)C1. The van der Waals surface area contributed by atoms with Gasteiger partial charge in [-0.05, 0) is 78.0 Å². The average molecular weight is 574 g/mol. The van der Waals surface area contributed by atoms with Crippen molar-refractivity contribution < 1.29 is 19.1 Å². The average Bonchev–Trinajstić information content (AvgIpc) is 3.28. The first kappa shape index (κ1) is 26.6. The molecule has 0 radical (unpaired) electrons. The van der Waals surface area contributed by atoms with Crippen molar-refractivity contribution in [2.75, 3.05) is 26.7 Å². The van der Waals surface area contributed by atoms with Crippen LogP contribution in [-0.4, -0.2) is 55.2 Å². The second kappa shape index (κ2) is 11.3. The summed E-state index contributed by atoms with van der Waals surface area (Å²) >= 11 is 5.02. The summed E-state index contributed by atoms with van der Waals surface area (Å²) in [6.45, 7) is 7.60. The molecule has 0 bridgehead atoms. The van der Waals surface area contributed by atoms with E-state index in [1.165, 1.54) is 6.92 Å². The van der Waals surface area contributed by atoms with Crippen LogP contribution in [0.5, 0.6) is 5.75 Å². The number of benzene rings is 1. The summed E-state index contributed by atoms with van der Waals surface area (Å²) in [5.74, 6) is 0.368. The van der Waals surface area contributed by atoms with Crippen LogP contribution >= 0.6 is 27.3 Å². The number of halogens is 1. The molecule has 8 heteroatoms. The molecular weight excluding hydrogens is 540 g/mol. The first-order valence-electron chi connectivity index (χ1n) is 12.2. The van der Waals surface area contributed by atoms with Gasteiger partial charge >= 0.3 is 5.97 Å². The molecule has 1 aromatic heterocycles. The Bertz CT molecular complexity index is 1150. The van der Waals surface area contributed by atoms with Crippen LogP contribution in [0.1, 0.15) is 43.0 Å². The van der Waals surface area contributed by atoms with E-state index in [0.29, 0.717) is 19.4 Å². The lowest BCUT2D eigenvalue weighted by atomic mass is 9.55. The van der Waals surface area contributed by atoms with E-state index in [2.05, 4.69) is 44.9 Å². The number of carbonyl (C=O) groups excluding carboxylic acids is 2. The van der Waals surface area contributed by atoms with E-state index in [9.17, 15) is 9.59 Å². The Morgan fingerprint density at radius 2 is 2.17 bits per heavy atom. The highest BCUT2D eigenvalue weighted by atomic mass is 79.9. The first-order valence-corrected chi connectivity index (χ1v) is 13.9. The van der Waals surface area contributed by atoms with Gasteiger partial charge in [-0.25, -0.2) is 0 Å². The molecule has 192 valence electrons. The van der Waals surface area contributed by atoms with Gasteiger partial charge in [0.25, 0.3) is 0 Å². The molecule has 2 aromatic rings. The number of likely N-dealkylation sites (tertiary alicyclic amines) is 1. The Hall–Kier alpha value is -2.42. The predicted molar refractivity (Wildman–Crippen MR) is 147 cm³/mol. The van der Waals surface area contributed by atoms with Gasteiger partial charge in [0.1, 0.15) is 11.4 Å². The summed E-state index contributed by atoms with van der Waals surface area (Å²) in [6, 6.07) is 10.0. The van der Waals surface area contributed by atoms with Crippen LogP contribution in [0, 0.1) is 0 Å². The number of hydrogen-bond donors (Lipinski definition) is 1. The fourth-order valence-corrected chi connectivity index (χ4v) is 7.23. The summed E-state index contributed by atoms with van der Waals surface area (Å²) in [7, 11) is 1.66. The van der Waals surface area contributed by atoms with Crippen molar-refractivity contribution in [2.45, 2.75) is 49.7 Å². The third-order valence-electron chi connectivity index (χ3n) is 7.38. The highest BCUT2D eigenvalue weighted by Gasteiger charge is 2.60. The minimum Gasteiger partial charge on any atom is -0.497 e. The van der Waals surface area contributed by atoms with Gasteiger partial charge in [-0.2, -0.15) is 0 Å². The van der Waals surface area contributed by atoms with Crippen molar-refractivity contribution in [3.63, 3.8) is 0 Å². The van der Waals surface area contributed by atoms with Crippen LogP contribution in [0.3, 0.4) is 0 Å². The lowest BCUT2D eigenvalue weighted by molar-refractivity contribution is -0.186. The molecule has 0 spiro atoms. The molecule has 2 aliphatic rings. The maximum absolute atomic E-state index is 12.9. The number of hydrogen-bond acceptors (Lipinski definition) is 6. The van der Waals surface area contributed by atoms with E-state index < -0.39 is 11.0 Å². The fourth-order valence-electron chi connectivity index (χ4n) is 5.89. The Morgan fingerprint density at radius 3 is 2.86 bits per heavy atom. The van der Waals surface area contributed by atoms with Gasteiger partial charge in [0.2, 0.25) is 5.91 Å². The van der Waals surface area contributed by atoms with E-state index >= 15 is 0 Å². The molecule has 6 nitrogen and oxygen atoms in total. The summed E-state index contributed by atoms with van der Waals surface area (Å²) in [5, 5.41) is 5.21. The smallest absolute Gasteiger partial charge is 0.303 e. The third-order valence-corrected chi connectivity index (χ3v) is 9.04. The van der Waals surface area contributed by atoms with E-state index in [1.54, 1.807) is 24.5 Å². The van der Waals surface area contributed by atoms with Gasteiger partial charge in [-0.1, -0.05) is 18.2 Å². The number of nitrogens with one attached hydrogen (secondary N) is 1. The third kappa shape index (κ3) is 5.61. The molecule has 1 aliphatic carbocycles. The van der Waals surface area contributed by atoms with Crippen molar-refractivity contribution in [1.82, 2.24) is 10.2 Å². The standard InChI is InChI=1S/C28H33BrN2O4S/c1-4-13-31-14-12-27(21-6-5-7-24(15-21)34-3)17-23(10-11-28(27,19-31)35-20(2)32)30-26(33)9-8-25-16-22(29)18-36-25/h4-9,15-16,18,23H,1,10-14,17,19H2,2-3H3,(H,30,33)/t23-,27-,28-/m0/s1. The van der Waals surface area contributed by atoms with Crippen LogP contribution < -0.4 is 10.1 Å². The highest BCUT2D eigenvalue weighted by Crippen LogP contribution is 2.54. The Balaban J connectivity index is 1.65. The monoisotopic (exact) mass is 572 g/mol. The molecule has 1 aromatic carbocycles. The molecule has 2 fully saturated rings. The molecule has 2 heterocycles. The maximum atomic E-state index is 12.9. The number of esters is 1. The molecule has 0 unspecified atom stereocenters. The number of fused-ring (bicyclic) bond motifs is 1. The zero-order chi connectivity index (χ0) is 25.8. The van der Waals surface area contributed by atoms with Crippen molar-refractivity contribution >= 4 is 45.2 Å². The molecule has 1 aliphatic heterocycles. The molecule has 1 amide bonds. The second-order valence-electron chi connectivity index (χ2n) is 9.62. The Kier molecular flexibility index (Phi) is 8.37. The molecular formula is C28H33BrN2O4S. The largest absolute Gasteiger partial charge is 0.497 e. The zero-order valence-corrected chi connectivity index (χ0v) is 23.2. The predicted octanol–water partition coefficient (Wildman–Crippen LogP) is 5.33. The molecule has 36 heavy (non-hydrogen) atoms. The number of piperidine rings is 1. The van der Waals surface area contributed by atoms with E-state index in [0.717, 1.165) is 46.6 Å². The van der Waals surface area contributed by atoms with E-state index in [1.807, 2.05) is 35.7 Å². The normalized spacial score (nSPS) is 26.2. The van der Waals surface area contributed by atoms with Crippen LogP contribution in [0.4, 0.5) is 0 Å². The van der Waals surface area contributed by atoms with E-state index in [-0.39, 0.29) is 17.9 Å². The molecule has 3 atom stereocenters. The lowest BCUT2D eigenvalue weighted by Crippen LogP contribution is -2.68. The number of nitrogens with zero attached hydrogens (tertiary/aromatic N) is 1. The number of methoxy groups -OCH3 is 1. The number of thiophene rings is 1. The van der Waals surface area contributed by atoms with Crippen molar-refractivity contribution in [2.24, 2.45) is 0 Å². The quantitative estimate of drug-likeness (QED) is 0.263. The van der Waals surface area contributed by atoms with Crippen molar-refractivity contribution in [1.29, 1.82) is 0 Å². The van der Waals surface area contributed by atoms with E-state index in [4.69, 9.17) is 9.47 Å². The highest BCUT2D eigenvalue weighted by molar-refractivity contribution is 9.10. The molecule has 1 saturated heterocycles. The summed E-state index contributed by atoms with van der Waals surface area (Å²) < 4.78 is 12.8. The molecule has 1 saturated carbocycles. The Labute approximate surface area is 225 Å². The topological polar surface area (TPSA) is 67.9 Å². The number of carbonyl (C=O) groups is 2. The second-order valence-corrected chi connectivity index (χ2v) is 11.5. The summed E-state index contributed by atoms with van der Waals surface area (Å²) in [6.07, 6.45) is 8.19.